The van der Waals surface area contributed by atoms with Crippen LogP contribution in [0.25, 0.3) is 0 Å². The average molecular weight is 498 g/mol. The van der Waals surface area contributed by atoms with Gasteiger partial charge in [0.15, 0.2) is 0 Å². The van der Waals surface area contributed by atoms with Gasteiger partial charge >= 0.3 is 6.15 Å². The third-order valence-electron chi connectivity index (χ3n) is 5.58. The highest BCUT2D eigenvalue weighted by molar-refractivity contribution is 9.10. The third kappa shape index (κ3) is 5.11. The van der Waals surface area contributed by atoms with Crippen LogP contribution in [-0.4, -0.2) is 35.7 Å². The first kappa shape index (κ1) is 25.3. The third-order valence-corrected chi connectivity index (χ3v) is 6.11. The molecule has 1 atom stereocenters. The lowest BCUT2D eigenvalue weighted by Crippen LogP contribution is -2.63. The van der Waals surface area contributed by atoms with Crippen LogP contribution in [0.3, 0.4) is 0 Å². The lowest BCUT2D eigenvalue weighted by molar-refractivity contribution is -0.191. The molecule has 0 saturated carbocycles. The van der Waals surface area contributed by atoms with Gasteiger partial charge in [0, 0.05) is 24.0 Å². The van der Waals surface area contributed by atoms with Crippen LogP contribution in [0, 0.1) is 6.92 Å². The zero-order valence-electron chi connectivity index (χ0n) is 18.1. The monoisotopic (exact) mass is 497 g/mol. The molecular formula is C24H27BrF3NO2. The smallest absolute Gasteiger partial charge is 0.281 e. The fraction of sp³-hybridized carbons (Fsp3) is 0.458. The minimum atomic E-state index is -3.07. The van der Waals surface area contributed by atoms with E-state index in [0.29, 0.717) is 24.1 Å². The highest BCUT2D eigenvalue weighted by Gasteiger charge is 2.60. The first-order valence-corrected chi connectivity index (χ1v) is 10.9. The van der Waals surface area contributed by atoms with Gasteiger partial charge in [-0.3, -0.25) is 4.90 Å². The Morgan fingerprint density at radius 1 is 1.10 bits per heavy atom. The summed E-state index contributed by atoms with van der Waals surface area (Å²) in [6.07, 6.45) is 0.546. The maximum atomic E-state index is 15.9. The Morgan fingerprint density at radius 2 is 1.68 bits per heavy atom. The van der Waals surface area contributed by atoms with E-state index in [0.717, 1.165) is 15.6 Å². The second-order valence-electron chi connectivity index (χ2n) is 8.41. The molecule has 3 rings (SSSR count). The van der Waals surface area contributed by atoms with Crippen LogP contribution >= 0.6 is 15.9 Å². The molecule has 1 aliphatic rings. The quantitative estimate of drug-likeness (QED) is 0.503. The Kier molecular flexibility index (Phi) is 7.90. The van der Waals surface area contributed by atoms with E-state index < -0.39 is 17.1 Å². The molecule has 168 valence electrons. The van der Waals surface area contributed by atoms with Crippen molar-refractivity contribution in [2.24, 2.45) is 0 Å². The molecule has 2 aromatic carbocycles. The number of halogens is 4. The first-order valence-electron chi connectivity index (χ1n) is 10.1. The number of alkyl halides is 3. The highest BCUT2D eigenvalue weighted by atomic mass is 79.9. The van der Waals surface area contributed by atoms with E-state index in [1.54, 1.807) is 29.2 Å². The SMILES string of the molecule is CCC(F)(F)C1(c2ccc(Br)cc2)c2ccc(C)cc2CCN1CC(C)(C)F.O=C=O. The van der Waals surface area contributed by atoms with Gasteiger partial charge in [0.2, 0.25) is 0 Å². The van der Waals surface area contributed by atoms with Gasteiger partial charge < -0.3 is 0 Å². The largest absolute Gasteiger partial charge is 0.373 e. The number of rotatable bonds is 5. The molecule has 1 heterocycles. The number of benzene rings is 2. The molecule has 0 aliphatic carbocycles. The summed E-state index contributed by atoms with van der Waals surface area (Å²) in [6, 6.07) is 12.7. The molecule has 0 radical (unpaired) electrons. The lowest BCUT2D eigenvalue weighted by Gasteiger charge is -2.53. The second kappa shape index (κ2) is 9.68. The average Bonchev–Trinajstić information content (AvgIpc) is 2.68. The van der Waals surface area contributed by atoms with Gasteiger partial charge in [-0.25, -0.2) is 13.2 Å². The number of aryl methyl sites for hydroxylation is 1. The summed E-state index contributed by atoms with van der Waals surface area (Å²) in [5, 5.41) is 0. The molecule has 0 amide bonds. The Morgan fingerprint density at radius 3 is 2.19 bits per heavy atom. The van der Waals surface area contributed by atoms with Crippen molar-refractivity contribution in [2.45, 2.75) is 57.7 Å². The summed E-state index contributed by atoms with van der Waals surface area (Å²) in [4.78, 5) is 17.9. The Bertz CT molecular complexity index is 935. The topological polar surface area (TPSA) is 37.4 Å². The zero-order valence-corrected chi connectivity index (χ0v) is 19.7. The van der Waals surface area contributed by atoms with Crippen molar-refractivity contribution in [3.8, 4) is 0 Å². The van der Waals surface area contributed by atoms with E-state index >= 15 is 8.78 Å². The van der Waals surface area contributed by atoms with Crippen molar-refractivity contribution in [3.05, 3.63) is 69.2 Å². The van der Waals surface area contributed by atoms with Gasteiger partial charge in [-0.2, -0.15) is 9.59 Å². The van der Waals surface area contributed by atoms with Crippen LogP contribution in [0.5, 0.6) is 0 Å². The van der Waals surface area contributed by atoms with Crippen molar-refractivity contribution < 1.29 is 22.8 Å². The molecule has 0 spiro atoms. The fourth-order valence-electron chi connectivity index (χ4n) is 4.45. The van der Waals surface area contributed by atoms with E-state index in [2.05, 4.69) is 15.9 Å². The maximum absolute atomic E-state index is 15.9. The van der Waals surface area contributed by atoms with Crippen LogP contribution in [0.2, 0.25) is 0 Å². The van der Waals surface area contributed by atoms with Crippen LogP contribution in [0.1, 0.15) is 49.4 Å². The summed E-state index contributed by atoms with van der Waals surface area (Å²) in [6.45, 7) is 6.70. The predicted octanol–water partition coefficient (Wildman–Crippen LogP) is 6.07. The standard InChI is InChI=1S/C23H27BrF3N.CO2/c1-5-22(26,27)23(18-7-9-19(24)10-8-18)20-11-6-16(2)14-17(20)12-13-28(23)15-21(3,4)25;2-1-3/h6-11,14H,5,12-13,15H2,1-4H3;. The molecule has 0 saturated heterocycles. The van der Waals surface area contributed by atoms with Gasteiger partial charge in [-0.15, -0.1) is 0 Å². The van der Waals surface area contributed by atoms with Gasteiger partial charge in [0.1, 0.15) is 11.2 Å². The summed E-state index contributed by atoms with van der Waals surface area (Å²) in [5.74, 6) is -3.07. The number of fused-ring (bicyclic) bond motifs is 1. The van der Waals surface area contributed by atoms with Crippen LogP contribution in [-0.2, 0) is 21.5 Å². The van der Waals surface area contributed by atoms with E-state index in [1.807, 2.05) is 25.1 Å². The molecule has 0 fully saturated rings. The van der Waals surface area contributed by atoms with Gasteiger partial charge in [0.25, 0.3) is 5.92 Å². The molecule has 3 nitrogen and oxygen atoms in total. The van der Waals surface area contributed by atoms with Crippen molar-refractivity contribution in [1.82, 2.24) is 4.90 Å². The molecule has 7 heteroatoms. The Labute approximate surface area is 189 Å². The summed E-state index contributed by atoms with van der Waals surface area (Å²) in [5.41, 5.74) is -0.245. The molecule has 2 aromatic rings. The molecule has 1 aliphatic heterocycles. The molecule has 0 aromatic heterocycles. The van der Waals surface area contributed by atoms with E-state index in [9.17, 15) is 4.39 Å². The summed E-state index contributed by atoms with van der Waals surface area (Å²) < 4.78 is 47.4. The normalized spacial score (nSPS) is 19.1. The van der Waals surface area contributed by atoms with Gasteiger partial charge in [-0.1, -0.05) is 58.7 Å². The van der Waals surface area contributed by atoms with Crippen LogP contribution in [0.15, 0.2) is 46.9 Å². The minimum Gasteiger partial charge on any atom is -0.281 e. The number of hydrogen-bond acceptors (Lipinski definition) is 3. The molecule has 1 unspecified atom stereocenters. The van der Waals surface area contributed by atoms with Gasteiger partial charge in [-0.05, 0) is 56.0 Å². The van der Waals surface area contributed by atoms with Crippen molar-refractivity contribution in [3.63, 3.8) is 0 Å². The summed E-state index contributed by atoms with van der Waals surface area (Å²) >= 11 is 3.40. The Hall–Kier alpha value is -1.95. The number of carbonyl (C=O) groups excluding carboxylic acids is 2. The minimum absolute atomic E-state index is 0.0635. The van der Waals surface area contributed by atoms with Crippen molar-refractivity contribution in [2.75, 3.05) is 13.1 Å². The van der Waals surface area contributed by atoms with Crippen LogP contribution in [0.4, 0.5) is 13.2 Å². The Balaban J connectivity index is 0.00000107. The highest BCUT2D eigenvalue weighted by Crippen LogP contribution is 2.53. The second-order valence-corrected chi connectivity index (χ2v) is 9.33. The summed E-state index contributed by atoms with van der Waals surface area (Å²) in [7, 11) is 0. The first-order chi connectivity index (χ1) is 14.4. The van der Waals surface area contributed by atoms with E-state index in [1.165, 1.54) is 20.8 Å². The van der Waals surface area contributed by atoms with Crippen molar-refractivity contribution >= 4 is 22.1 Å². The predicted molar refractivity (Wildman–Crippen MR) is 117 cm³/mol. The number of hydrogen-bond donors (Lipinski definition) is 0. The molecule has 31 heavy (non-hydrogen) atoms. The molecule has 0 bridgehead atoms. The van der Waals surface area contributed by atoms with E-state index in [-0.39, 0.29) is 19.1 Å². The number of nitrogens with zero attached hydrogens (tertiary/aromatic N) is 1. The van der Waals surface area contributed by atoms with Gasteiger partial charge in [0.05, 0.1) is 0 Å². The molecular weight excluding hydrogens is 471 g/mol. The maximum Gasteiger partial charge on any atom is 0.373 e. The van der Waals surface area contributed by atoms with Crippen LogP contribution < -0.4 is 0 Å². The lowest BCUT2D eigenvalue weighted by atomic mass is 9.70. The molecule has 0 N–H and O–H groups in total. The fourth-order valence-corrected chi connectivity index (χ4v) is 4.72. The van der Waals surface area contributed by atoms with E-state index in [4.69, 9.17) is 9.59 Å². The zero-order chi connectivity index (χ0) is 23.4. The van der Waals surface area contributed by atoms with Crippen molar-refractivity contribution in [1.29, 1.82) is 0 Å².